The summed E-state index contributed by atoms with van der Waals surface area (Å²) in [5.74, 6) is -0.295. The van der Waals surface area contributed by atoms with Gasteiger partial charge in [-0.15, -0.1) is 0 Å². The minimum atomic E-state index is -4.19. The van der Waals surface area contributed by atoms with E-state index in [-0.39, 0.29) is 42.8 Å². The van der Waals surface area contributed by atoms with Gasteiger partial charge < -0.3 is 15.4 Å². The van der Waals surface area contributed by atoms with Gasteiger partial charge in [-0.25, -0.2) is 8.78 Å². The van der Waals surface area contributed by atoms with E-state index in [0.29, 0.717) is 16.3 Å². The number of alkyl halides is 2. The van der Waals surface area contributed by atoms with Gasteiger partial charge in [0.1, 0.15) is 16.9 Å². The number of carbonyl (C=O) groups excluding carboxylic acids is 1. The number of carbonyl (C=O) groups is 1. The molecule has 1 fully saturated rings. The molecule has 0 bridgehead atoms. The number of rotatable bonds is 7. The normalized spacial score (nSPS) is 18.4. The Kier molecular flexibility index (Phi) is 6.20. The van der Waals surface area contributed by atoms with E-state index in [1.807, 2.05) is 0 Å². The van der Waals surface area contributed by atoms with Gasteiger partial charge in [0.15, 0.2) is 0 Å². The van der Waals surface area contributed by atoms with Crippen LogP contribution in [0.25, 0.3) is 0 Å². The molecule has 2 aromatic rings. The van der Waals surface area contributed by atoms with Gasteiger partial charge in [0.25, 0.3) is 16.4 Å². The van der Waals surface area contributed by atoms with Crippen molar-refractivity contribution in [3.63, 3.8) is 0 Å². The van der Waals surface area contributed by atoms with E-state index < -0.39 is 28.4 Å². The molecule has 4 rings (SSSR count). The number of ether oxygens (including phenoxy) is 1. The number of nitrogens with zero attached hydrogens (tertiary/aromatic N) is 5. The van der Waals surface area contributed by atoms with E-state index in [2.05, 4.69) is 14.5 Å². The van der Waals surface area contributed by atoms with Crippen molar-refractivity contribution in [2.45, 2.75) is 23.3 Å². The number of sulfonamides is 1. The van der Waals surface area contributed by atoms with E-state index in [1.54, 1.807) is 12.1 Å². The van der Waals surface area contributed by atoms with Crippen molar-refractivity contribution in [1.29, 1.82) is 0 Å². The number of aromatic nitrogens is 3. The summed E-state index contributed by atoms with van der Waals surface area (Å²) < 4.78 is 59.5. The topological polar surface area (TPSA) is 133 Å². The first-order valence-electron chi connectivity index (χ1n) is 9.69. The van der Waals surface area contributed by atoms with Crippen LogP contribution in [-0.4, -0.2) is 72.9 Å². The Morgan fingerprint density at radius 2 is 2.15 bits per heavy atom. The smallest absolute Gasteiger partial charge is 0.285 e. The fourth-order valence-corrected chi connectivity index (χ4v) is 4.68. The van der Waals surface area contributed by atoms with Gasteiger partial charge in [-0.3, -0.25) is 14.5 Å². The Bertz CT molecular complexity index is 1240. The first-order valence-corrected chi connectivity index (χ1v) is 11.5. The average molecular weight is 501 g/mol. The number of hydrogen-bond acceptors (Lipinski definition) is 7. The highest BCUT2D eigenvalue weighted by molar-refractivity contribution is 7.90. The maximum absolute atomic E-state index is 13.3. The molecule has 14 heteroatoms. The zero-order chi connectivity index (χ0) is 23.8. The van der Waals surface area contributed by atoms with Crippen molar-refractivity contribution >= 4 is 33.7 Å². The number of amides is 1. The van der Waals surface area contributed by atoms with Gasteiger partial charge in [-0.05, 0) is 12.1 Å². The summed E-state index contributed by atoms with van der Waals surface area (Å²) in [6, 6.07) is 3.30. The second-order valence-electron chi connectivity index (χ2n) is 7.62. The highest BCUT2D eigenvalue weighted by Crippen LogP contribution is 2.37. The molecule has 0 saturated carbocycles. The highest BCUT2D eigenvalue weighted by Gasteiger charge is 2.52. The average Bonchev–Trinajstić information content (AvgIpc) is 3.33. The van der Waals surface area contributed by atoms with E-state index in [4.69, 9.17) is 22.1 Å². The lowest BCUT2D eigenvalue weighted by atomic mass is 9.80. The van der Waals surface area contributed by atoms with Crippen LogP contribution in [0.3, 0.4) is 0 Å². The van der Waals surface area contributed by atoms with E-state index >= 15 is 0 Å². The molecule has 0 aromatic carbocycles. The molecule has 0 aliphatic carbocycles. The largest absolute Gasteiger partial charge is 0.400 e. The Balaban J connectivity index is 1.49. The van der Waals surface area contributed by atoms with Crippen molar-refractivity contribution in [1.82, 2.24) is 19.7 Å². The van der Waals surface area contributed by atoms with E-state index in [0.717, 1.165) is 23.3 Å². The molecule has 33 heavy (non-hydrogen) atoms. The van der Waals surface area contributed by atoms with Gasteiger partial charge >= 0.3 is 0 Å². The molecule has 176 valence electrons. The predicted octanol–water partition coefficient (Wildman–Crippen LogP) is 0.979. The molecule has 0 unspecified atom stereocenters. The summed E-state index contributed by atoms with van der Waals surface area (Å²) in [5.41, 5.74) is 6.01. The summed E-state index contributed by atoms with van der Waals surface area (Å²) >= 11 is 6.26. The fraction of sp³-hybridized carbons (Fsp3) is 0.368. The second kappa shape index (κ2) is 8.80. The van der Waals surface area contributed by atoms with Crippen molar-refractivity contribution < 1.29 is 26.7 Å². The monoisotopic (exact) mass is 500 g/mol. The van der Waals surface area contributed by atoms with Crippen LogP contribution in [0.1, 0.15) is 5.69 Å². The van der Waals surface area contributed by atoms with Gasteiger partial charge in [0, 0.05) is 36.4 Å². The van der Waals surface area contributed by atoms with Gasteiger partial charge in [-0.1, -0.05) is 11.6 Å². The minimum absolute atomic E-state index is 0.0283. The molecule has 10 nitrogen and oxygen atoms in total. The van der Waals surface area contributed by atoms with Crippen LogP contribution in [0, 0.1) is 0 Å². The zero-order valence-corrected chi connectivity index (χ0v) is 18.6. The van der Waals surface area contributed by atoms with E-state index in [9.17, 15) is 22.0 Å². The van der Waals surface area contributed by atoms with Gasteiger partial charge in [0.2, 0.25) is 5.91 Å². The number of nitrogens with two attached hydrogens (primary N) is 1. The minimum Gasteiger partial charge on any atom is -0.400 e. The van der Waals surface area contributed by atoms with Crippen LogP contribution >= 0.6 is 11.6 Å². The molecule has 2 aliphatic rings. The third-order valence-electron chi connectivity index (χ3n) is 5.32. The highest BCUT2D eigenvalue weighted by atomic mass is 35.5. The SMILES string of the molecule is NC1=C(C=NS(=O)(=O)c2cnn(CC(F)F)c2)CN(C(=O)C2(c3ncccc3Cl)COC2)C1. The lowest BCUT2D eigenvalue weighted by Crippen LogP contribution is -2.59. The number of hydrogen-bond donors (Lipinski definition) is 1. The summed E-state index contributed by atoms with van der Waals surface area (Å²) in [6.45, 7) is -0.418. The standard InChI is InChI=1S/C19H19ClF2N6O4S/c20-14-2-1-3-24-17(14)19(10-32-11-19)18(29)27-6-12(15(23)8-27)4-26-33(30,31)13-5-25-28(7-13)9-16(21)22/h1-5,7,16H,6,8-11,23H2. The van der Waals surface area contributed by atoms with Crippen LogP contribution < -0.4 is 5.73 Å². The van der Waals surface area contributed by atoms with Gasteiger partial charge in [-0.2, -0.15) is 17.9 Å². The molecule has 2 N–H and O–H groups in total. The molecular formula is C19H19ClF2N6O4S. The Morgan fingerprint density at radius 3 is 2.79 bits per heavy atom. The fourth-order valence-electron chi connectivity index (χ4n) is 3.56. The van der Waals surface area contributed by atoms with Crippen molar-refractivity contribution in [3.8, 4) is 0 Å². The molecule has 2 aliphatic heterocycles. The molecule has 0 atom stereocenters. The molecule has 2 aromatic heterocycles. The van der Waals surface area contributed by atoms with Crippen LogP contribution in [0.4, 0.5) is 8.78 Å². The van der Waals surface area contributed by atoms with Crippen molar-refractivity contribution in [2.75, 3.05) is 26.3 Å². The quantitative estimate of drug-likeness (QED) is 0.560. The molecule has 4 heterocycles. The molecule has 1 saturated heterocycles. The zero-order valence-electron chi connectivity index (χ0n) is 17.1. The maximum atomic E-state index is 13.3. The molecule has 0 radical (unpaired) electrons. The number of pyridine rings is 1. The van der Waals surface area contributed by atoms with Crippen LogP contribution in [-0.2, 0) is 31.5 Å². The predicted molar refractivity (Wildman–Crippen MR) is 113 cm³/mol. The first-order chi connectivity index (χ1) is 15.6. The van der Waals surface area contributed by atoms with Crippen molar-refractivity contribution in [2.24, 2.45) is 10.1 Å². The Morgan fingerprint density at radius 1 is 1.39 bits per heavy atom. The molecular weight excluding hydrogens is 482 g/mol. The summed E-state index contributed by atoms with van der Waals surface area (Å²) in [6.07, 6.45) is 1.82. The Hall–Kier alpha value is -2.90. The van der Waals surface area contributed by atoms with Crippen LogP contribution in [0.15, 0.2) is 51.3 Å². The third kappa shape index (κ3) is 4.48. The lowest BCUT2D eigenvalue weighted by Gasteiger charge is -2.42. The Labute approximate surface area is 192 Å². The van der Waals surface area contributed by atoms with E-state index in [1.165, 1.54) is 11.1 Å². The molecule has 1 amide bonds. The summed E-state index contributed by atoms with van der Waals surface area (Å²) in [7, 11) is -4.19. The van der Waals surface area contributed by atoms with Crippen LogP contribution in [0.2, 0.25) is 5.02 Å². The third-order valence-corrected chi connectivity index (χ3v) is 6.81. The van der Waals surface area contributed by atoms with Gasteiger partial charge in [0.05, 0.1) is 36.7 Å². The molecule has 0 spiro atoms. The van der Waals surface area contributed by atoms with Crippen molar-refractivity contribution in [3.05, 3.63) is 52.7 Å². The maximum Gasteiger partial charge on any atom is 0.285 e. The first kappa shape index (κ1) is 23.3. The van der Waals surface area contributed by atoms with Crippen LogP contribution in [0.5, 0.6) is 0 Å². The summed E-state index contributed by atoms with van der Waals surface area (Å²) in [4.78, 5) is 18.7. The number of halogens is 3. The lowest BCUT2D eigenvalue weighted by molar-refractivity contribution is -0.155. The second-order valence-corrected chi connectivity index (χ2v) is 9.66. The summed E-state index contributed by atoms with van der Waals surface area (Å²) in [5, 5.41) is 3.94.